The molecule has 1 N–H and O–H groups in total. The van der Waals surface area contributed by atoms with Gasteiger partial charge in [-0.25, -0.2) is 0 Å². The molecule has 0 bridgehead atoms. The summed E-state index contributed by atoms with van der Waals surface area (Å²) < 4.78 is 0. The Bertz CT molecular complexity index is 880. The number of aryl methyl sites for hydroxylation is 2. The van der Waals surface area contributed by atoms with Gasteiger partial charge in [-0.05, 0) is 77.7 Å². The smallest absolute Gasteiger partial charge is 0.163 e. The minimum Gasteiger partial charge on any atom is -0.388 e. The first-order valence-electron chi connectivity index (χ1n) is 10.9. The molecule has 0 heterocycles. The van der Waals surface area contributed by atoms with Crippen LogP contribution in [0.1, 0.15) is 103 Å². The summed E-state index contributed by atoms with van der Waals surface area (Å²) in [6, 6.07) is 13.1. The molecule has 2 aromatic carbocycles. The number of aliphatic hydroxyl groups is 1. The Kier molecular flexibility index (Phi) is 5.42. The minimum atomic E-state index is -0.371. The fraction of sp³-hybridized carbons (Fsp3) is 0.500. The third-order valence-electron chi connectivity index (χ3n) is 6.89. The van der Waals surface area contributed by atoms with Gasteiger partial charge in [-0.1, -0.05) is 57.2 Å². The molecule has 2 nitrogen and oxygen atoms in total. The lowest BCUT2D eigenvalue weighted by Crippen LogP contribution is -2.22. The third-order valence-corrected chi connectivity index (χ3v) is 6.89. The Labute approximate surface area is 169 Å². The maximum Gasteiger partial charge on any atom is 0.163 e. The Hall–Kier alpha value is -1.93. The van der Waals surface area contributed by atoms with E-state index in [1.165, 1.54) is 22.3 Å². The van der Waals surface area contributed by atoms with Crippen molar-refractivity contribution in [2.75, 3.05) is 0 Å². The minimum absolute atomic E-state index is 0.292. The molecule has 148 valence electrons. The molecular weight excluding hydrogens is 344 g/mol. The maximum atomic E-state index is 12.1. The quantitative estimate of drug-likeness (QED) is 0.698. The zero-order valence-electron chi connectivity index (χ0n) is 17.4. The summed E-state index contributed by atoms with van der Waals surface area (Å²) >= 11 is 0. The first-order chi connectivity index (χ1) is 13.4. The van der Waals surface area contributed by atoms with E-state index in [1.807, 2.05) is 6.07 Å². The number of rotatable bonds is 4. The van der Waals surface area contributed by atoms with Crippen LogP contribution < -0.4 is 0 Å². The standard InChI is InChI=1S/C26H32O2/c1-16(2)19-9-7-18-8-10-22(26(28)24(18)15-19)13-17(3)20-11-12-23-21(14-20)5-4-6-25(23)27/h7,9,11-12,14-17,22,26,28H,4-6,8,10,13H2,1-3H3. The second kappa shape index (κ2) is 7.83. The van der Waals surface area contributed by atoms with Crippen LogP contribution in [0, 0.1) is 5.92 Å². The molecule has 0 amide bonds. The van der Waals surface area contributed by atoms with Crippen LogP contribution in [-0.2, 0) is 12.8 Å². The molecule has 0 spiro atoms. The lowest BCUT2D eigenvalue weighted by atomic mass is 9.75. The zero-order valence-corrected chi connectivity index (χ0v) is 17.4. The molecule has 3 atom stereocenters. The third kappa shape index (κ3) is 3.67. The summed E-state index contributed by atoms with van der Waals surface area (Å²) in [5.41, 5.74) is 7.22. The highest BCUT2D eigenvalue weighted by Crippen LogP contribution is 2.41. The van der Waals surface area contributed by atoms with Crippen molar-refractivity contribution in [1.82, 2.24) is 0 Å². The van der Waals surface area contributed by atoms with Crippen LogP contribution in [0.2, 0.25) is 0 Å². The van der Waals surface area contributed by atoms with Crippen LogP contribution in [0.5, 0.6) is 0 Å². The molecule has 28 heavy (non-hydrogen) atoms. The summed E-state index contributed by atoms with van der Waals surface area (Å²) in [4.78, 5) is 12.1. The molecule has 3 unspecified atom stereocenters. The molecule has 4 rings (SSSR count). The van der Waals surface area contributed by atoms with Gasteiger partial charge in [0.05, 0.1) is 6.10 Å². The van der Waals surface area contributed by atoms with Gasteiger partial charge in [-0.2, -0.15) is 0 Å². The molecule has 2 heteroatoms. The van der Waals surface area contributed by atoms with Crippen LogP contribution >= 0.6 is 0 Å². The van der Waals surface area contributed by atoms with Crippen LogP contribution in [0.3, 0.4) is 0 Å². The number of fused-ring (bicyclic) bond motifs is 2. The number of hydrogen-bond donors (Lipinski definition) is 1. The molecule has 0 saturated carbocycles. The number of carbonyl (C=O) groups is 1. The second-order valence-electron chi connectivity index (χ2n) is 9.19. The van der Waals surface area contributed by atoms with Crippen LogP contribution in [0.25, 0.3) is 0 Å². The Morgan fingerprint density at radius 1 is 0.964 bits per heavy atom. The molecule has 0 fully saturated rings. The number of carbonyl (C=O) groups excluding carboxylic acids is 1. The van der Waals surface area contributed by atoms with Gasteiger partial charge in [0, 0.05) is 12.0 Å². The topological polar surface area (TPSA) is 37.3 Å². The molecule has 2 aliphatic rings. The average molecular weight is 377 g/mol. The number of Topliss-reactive ketones (excluding diaryl/α,β-unsaturated/α-hetero) is 1. The highest BCUT2D eigenvalue weighted by Gasteiger charge is 2.30. The van der Waals surface area contributed by atoms with E-state index in [0.717, 1.165) is 43.2 Å². The number of aliphatic hydroxyl groups excluding tert-OH is 1. The van der Waals surface area contributed by atoms with Crippen molar-refractivity contribution >= 4 is 5.78 Å². The van der Waals surface area contributed by atoms with Gasteiger partial charge in [0.15, 0.2) is 5.78 Å². The van der Waals surface area contributed by atoms with Crippen molar-refractivity contribution in [3.05, 3.63) is 69.8 Å². The normalized spacial score (nSPS) is 22.7. The molecule has 2 aromatic rings. The van der Waals surface area contributed by atoms with Crippen LogP contribution in [0.4, 0.5) is 0 Å². The summed E-state index contributed by atoms with van der Waals surface area (Å²) in [5, 5.41) is 11.1. The SMILES string of the molecule is CC(C)c1ccc2c(c1)C(O)C(CC(C)c1ccc3c(c1)CCCC3=O)CC2. The van der Waals surface area contributed by atoms with Crippen molar-refractivity contribution in [3.63, 3.8) is 0 Å². The molecule has 2 aliphatic carbocycles. The monoisotopic (exact) mass is 376 g/mol. The first-order valence-corrected chi connectivity index (χ1v) is 10.9. The summed E-state index contributed by atoms with van der Waals surface area (Å²) in [7, 11) is 0. The molecule has 0 aromatic heterocycles. The Morgan fingerprint density at radius 2 is 1.75 bits per heavy atom. The number of ketones is 1. The summed E-state index contributed by atoms with van der Waals surface area (Å²) in [6.07, 6.45) is 5.39. The first kappa shape index (κ1) is 19.4. The molecule has 0 radical (unpaired) electrons. The van der Waals surface area contributed by atoms with E-state index < -0.39 is 0 Å². The number of benzene rings is 2. The highest BCUT2D eigenvalue weighted by atomic mass is 16.3. The Morgan fingerprint density at radius 3 is 2.54 bits per heavy atom. The van der Waals surface area contributed by atoms with Gasteiger partial charge in [0.1, 0.15) is 0 Å². The number of hydrogen-bond acceptors (Lipinski definition) is 2. The molecule has 0 aliphatic heterocycles. The van der Waals surface area contributed by atoms with Crippen LogP contribution in [0.15, 0.2) is 36.4 Å². The van der Waals surface area contributed by atoms with Crippen molar-refractivity contribution in [1.29, 1.82) is 0 Å². The lowest BCUT2D eigenvalue weighted by Gasteiger charge is -2.33. The van der Waals surface area contributed by atoms with Gasteiger partial charge in [0.2, 0.25) is 0 Å². The largest absolute Gasteiger partial charge is 0.388 e. The Balaban J connectivity index is 1.51. The zero-order chi connectivity index (χ0) is 19.8. The van der Waals surface area contributed by atoms with E-state index in [1.54, 1.807) is 0 Å². The van der Waals surface area contributed by atoms with Gasteiger partial charge in [-0.3, -0.25) is 4.79 Å². The van der Waals surface area contributed by atoms with Crippen molar-refractivity contribution in [3.8, 4) is 0 Å². The highest BCUT2D eigenvalue weighted by molar-refractivity contribution is 5.98. The second-order valence-corrected chi connectivity index (χ2v) is 9.19. The van der Waals surface area contributed by atoms with E-state index in [4.69, 9.17) is 0 Å². The summed E-state index contributed by atoms with van der Waals surface area (Å²) in [6.45, 7) is 6.67. The van der Waals surface area contributed by atoms with Gasteiger partial charge in [-0.15, -0.1) is 0 Å². The maximum absolute atomic E-state index is 12.1. The van der Waals surface area contributed by atoms with Crippen molar-refractivity contribution < 1.29 is 9.90 Å². The van der Waals surface area contributed by atoms with Crippen LogP contribution in [-0.4, -0.2) is 10.9 Å². The van der Waals surface area contributed by atoms with Gasteiger partial charge >= 0.3 is 0 Å². The molecule has 0 saturated heterocycles. The van der Waals surface area contributed by atoms with Gasteiger partial charge in [0.25, 0.3) is 0 Å². The average Bonchev–Trinajstić information content (AvgIpc) is 2.69. The van der Waals surface area contributed by atoms with E-state index in [9.17, 15) is 9.90 Å². The summed E-state index contributed by atoms with van der Waals surface area (Å²) in [5.74, 6) is 1.45. The fourth-order valence-corrected chi connectivity index (χ4v) is 5.04. The van der Waals surface area contributed by atoms with Gasteiger partial charge < -0.3 is 5.11 Å². The van der Waals surface area contributed by atoms with E-state index in [2.05, 4.69) is 51.1 Å². The van der Waals surface area contributed by atoms with E-state index in [0.29, 0.717) is 30.0 Å². The molecular formula is C26H32O2. The lowest BCUT2D eigenvalue weighted by molar-refractivity contribution is 0.0848. The fourth-order valence-electron chi connectivity index (χ4n) is 5.04. The van der Waals surface area contributed by atoms with Crippen molar-refractivity contribution in [2.24, 2.45) is 5.92 Å². The van der Waals surface area contributed by atoms with E-state index >= 15 is 0 Å². The van der Waals surface area contributed by atoms with Crippen molar-refractivity contribution in [2.45, 2.75) is 77.2 Å². The van der Waals surface area contributed by atoms with E-state index in [-0.39, 0.29) is 6.10 Å². The predicted octanol–water partition coefficient (Wildman–Crippen LogP) is 6.12. The predicted molar refractivity (Wildman–Crippen MR) is 114 cm³/mol.